The Morgan fingerprint density at radius 1 is 1.52 bits per heavy atom. The van der Waals surface area contributed by atoms with Gasteiger partial charge in [-0.05, 0) is 19.1 Å². The number of nitrogens with zero attached hydrogens (tertiary/aromatic N) is 1. The standard InChI is InChI=1S/C14H16FNO5/c1-2-20-12-9(4-3-5-10(12)15)13(17)16-6-7-21-11(8-16)14(18)19/h3-5,11H,2,6-8H2,1H3,(H,18,19)/t11-/m1/s1. The molecular weight excluding hydrogens is 281 g/mol. The van der Waals surface area contributed by atoms with Gasteiger partial charge in [0.05, 0.1) is 25.3 Å². The topological polar surface area (TPSA) is 76.1 Å². The smallest absolute Gasteiger partial charge is 0.334 e. The highest BCUT2D eigenvalue weighted by atomic mass is 19.1. The molecule has 0 unspecified atom stereocenters. The number of carbonyl (C=O) groups excluding carboxylic acids is 1. The Morgan fingerprint density at radius 3 is 2.95 bits per heavy atom. The first-order valence-corrected chi connectivity index (χ1v) is 6.59. The maximum absolute atomic E-state index is 13.8. The summed E-state index contributed by atoms with van der Waals surface area (Å²) in [6.45, 7) is 2.22. The third-order valence-electron chi connectivity index (χ3n) is 3.12. The molecule has 1 atom stereocenters. The van der Waals surface area contributed by atoms with E-state index in [0.29, 0.717) is 0 Å². The molecule has 1 aliphatic rings. The van der Waals surface area contributed by atoms with Crippen LogP contribution in [0.2, 0.25) is 0 Å². The highest BCUT2D eigenvalue weighted by Crippen LogP contribution is 2.25. The lowest BCUT2D eigenvalue weighted by molar-refractivity contribution is -0.154. The Hall–Kier alpha value is -2.15. The van der Waals surface area contributed by atoms with E-state index in [9.17, 15) is 14.0 Å². The Balaban J connectivity index is 2.23. The van der Waals surface area contributed by atoms with E-state index in [4.69, 9.17) is 14.6 Å². The average Bonchev–Trinajstić information content (AvgIpc) is 2.49. The first-order valence-electron chi connectivity index (χ1n) is 6.59. The molecule has 1 amide bonds. The van der Waals surface area contributed by atoms with Crippen LogP contribution in [-0.4, -0.2) is 54.3 Å². The van der Waals surface area contributed by atoms with Crippen LogP contribution in [-0.2, 0) is 9.53 Å². The molecule has 2 rings (SSSR count). The normalized spacial score (nSPS) is 18.4. The molecule has 1 aromatic carbocycles. The summed E-state index contributed by atoms with van der Waals surface area (Å²) in [4.78, 5) is 24.7. The van der Waals surface area contributed by atoms with Gasteiger partial charge in [0.25, 0.3) is 5.91 Å². The number of amides is 1. The summed E-state index contributed by atoms with van der Waals surface area (Å²) in [6, 6.07) is 4.09. The zero-order valence-electron chi connectivity index (χ0n) is 11.5. The van der Waals surface area contributed by atoms with Gasteiger partial charge in [0.15, 0.2) is 17.7 Å². The van der Waals surface area contributed by atoms with Gasteiger partial charge in [-0.25, -0.2) is 9.18 Å². The fraction of sp³-hybridized carbons (Fsp3) is 0.429. The van der Waals surface area contributed by atoms with E-state index in [1.807, 2.05) is 0 Å². The summed E-state index contributed by atoms with van der Waals surface area (Å²) in [5.41, 5.74) is 0.0860. The van der Waals surface area contributed by atoms with Crippen molar-refractivity contribution >= 4 is 11.9 Å². The molecule has 0 bridgehead atoms. The van der Waals surface area contributed by atoms with Crippen molar-refractivity contribution in [1.29, 1.82) is 0 Å². The Labute approximate surface area is 121 Å². The zero-order chi connectivity index (χ0) is 15.4. The van der Waals surface area contributed by atoms with Gasteiger partial charge in [0.1, 0.15) is 0 Å². The highest BCUT2D eigenvalue weighted by Gasteiger charge is 2.31. The fourth-order valence-corrected chi connectivity index (χ4v) is 2.12. The van der Waals surface area contributed by atoms with Crippen LogP contribution >= 0.6 is 0 Å². The van der Waals surface area contributed by atoms with Crippen LogP contribution in [0.15, 0.2) is 18.2 Å². The van der Waals surface area contributed by atoms with E-state index in [1.54, 1.807) is 6.92 Å². The van der Waals surface area contributed by atoms with E-state index in [1.165, 1.54) is 23.1 Å². The molecule has 1 N–H and O–H groups in total. The lowest BCUT2D eigenvalue weighted by Gasteiger charge is -2.31. The maximum atomic E-state index is 13.8. The molecule has 1 saturated heterocycles. The zero-order valence-corrected chi connectivity index (χ0v) is 11.5. The molecule has 1 aliphatic heterocycles. The van der Waals surface area contributed by atoms with Crippen LogP contribution in [0.4, 0.5) is 4.39 Å². The minimum atomic E-state index is -1.13. The molecule has 114 valence electrons. The molecule has 1 aromatic rings. The minimum Gasteiger partial charge on any atom is -0.490 e. The van der Waals surface area contributed by atoms with Crippen molar-refractivity contribution < 1.29 is 28.6 Å². The first kappa shape index (κ1) is 15.2. The maximum Gasteiger partial charge on any atom is 0.334 e. The van der Waals surface area contributed by atoms with Gasteiger partial charge in [-0.15, -0.1) is 0 Å². The van der Waals surface area contributed by atoms with E-state index in [0.717, 1.165) is 0 Å². The van der Waals surface area contributed by atoms with Gasteiger partial charge < -0.3 is 19.5 Å². The van der Waals surface area contributed by atoms with Crippen LogP contribution in [0.5, 0.6) is 5.75 Å². The molecule has 7 heteroatoms. The molecule has 0 spiro atoms. The molecule has 21 heavy (non-hydrogen) atoms. The van der Waals surface area contributed by atoms with Crippen molar-refractivity contribution in [2.45, 2.75) is 13.0 Å². The molecule has 1 heterocycles. The van der Waals surface area contributed by atoms with Crippen LogP contribution in [0.25, 0.3) is 0 Å². The number of carboxylic acid groups (broad SMARTS) is 1. The number of halogens is 1. The van der Waals surface area contributed by atoms with E-state index >= 15 is 0 Å². The largest absolute Gasteiger partial charge is 0.490 e. The van der Waals surface area contributed by atoms with Crippen LogP contribution in [0.3, 0.4) is 0 Å². The third kappa shape index (κ3) is 3.30. The Morgan fingerprint density at radius 2 is 2.29 bits per heavy atom. The molecule has 0 saturated carbocycles. The van der Waals surface area contributed by atoms with Gasteiger partial charge in [-0.2, -0.15) is 0 Å². The second-order valence-electron chi connectivity index (χ2n) is 4.50. The number of carboxylic acids is 1. The summed E-state index contributed by atoms with van der Waals surface area (Å²) in [5.74, 6) is -2.32. The van der Waals surface area contributed by atoms with Gasteiger partial charge in [0.2, 0.25) is 0 Å². The molecule has 0 aliphatic carbocycles. The number of carbonyl (C=O) groups is 2. The van der Waals surface area contributed by atoms with Crippen LogP contribution in [0, 0.1) is 5.82 Å². The molecule has 0 aromatic heterocycles. The molecule has 0 radical (unpaired) electrons. The number of benzene rings is 1. The molecule has 6 nitrogen and oxygen atoms in total. The van der Waals surface area contributed by atoms with Crippen molar-refractivity contribution in [3.05, 3.63) is 29.6 Å². The minimum absolute atomic E-state index is 0.0732. The van der Waals surface area contributed by atoms with Crippen molar-refractivity contribution in [2.24, 2.45) is 0 Å². The number of hydrogen-bond donors (Lipinski definition) is 1. The second-order valence-corrected chi connectivity index (χ2v) is 4.50. The number of rotatable bonds is 4. The van der Waals surface area contributed by atoms with Crippen molar-refractivity contribution in [2.75, 3.05) is 26.3 Å². The monoisotopic (exact) mass is 297 g/mol. The summed E-state index contributed by atoms with van der Waals surface area (Å²) < 4.78 is 24.0. The predicted molar refractivity (Wildman–Crippen MR) is 70.8 cm³/mol. The SMILES string of the molecule is CCOc1c(F)cccc1C(=O)N1CCO[C@@H](C(=O)O)C1. The van der Waals surface area contributed by atoms with Gasteiger partial charge >= 0.3 is 5.97 Å². The van der Waals surface area contributed by atoms with E-state index in [-0.39, 0.29) is 37.6 Å². The predicted octanol–water partition coefficient (Wildman–Crippen LogP) is 1.15. The number of hydrogen-bond acceptors (Lipinski definition) is 4. The second kappa shape index (κ2) is 6.53. The summed E-state index contributed by atoms with van der Waals surface area (Å²) in [5, 5.41) is 8.94. The number of para-hydroxylation sites is 1. The lowest BCUT2D eigenvalue weighted by Crippen LogP contribution is -2.48. The molecule has 1 fully saturated rings. The number of aliphatic carboxylic acids is 1. The summed E-state index contributed by atoms with van der Waals surface area (Å²) >= 11 is 0. The number of morpholine rings is 1. The van der Waals surface area contributed by atoms with E-state index < -0.39 is 23.8 Å². The van der Waals surface area contributed by atoms with Gasteiger partial charge in [-0.3, -0.25) is 4.79 Å². The van der Waals surface area contributed by atoms with Crippen molar-refractivity contribution in [1.82, 2.24) is 4.90 Å². The van der Waals surface area contributed by atoms with Crippen LogP contribution < -0.4 is 4.74 Å². The van der Waals surface area contributed by atoms with Crippen LogP contribution in [0.1, 0.15) is 17.3 Å². The Kier molecular flexibility index (Phi) is 4.74. The quantitative estimate of drug-likeness (QED) is 0.902. The fourth-order valence-electron chi connectivity index (χ4n) is 2.12. The van der Waals surface area contributed by atoms with Crippen molar-refractivity contribution in [3.8, 4) is 5.75 Å². The highest BCUT2D eigenvalue weighted by molar-refractivity contribution is 5.97. The Bertz CT molecular complexity index is 548. The summed E-state index contributed by atoms with van der Waals surface area (Å²) in [7, 11) is 0. The first-order chi connectivity index (χ1) is 10.0. The van der Waals surface area contributed by atoms with Crippen molar-refractivity contribution in [3.63, 3.8) is 0 Å². The van der Waals surface area contributed by atoms with Gasteiger partial charge in [-0.1, -0.05) is 6.07 Å². The molecular formula is C14H16FNO5. The lowest BCUT2D eigenvalue weighted by atomic mass is 10.1. The average molecular weight is 297 g/mol. The summed E-state index contributed by atoms with van der Waals surface area (Å²) in [6.07, 6.45) is -1.06. The number of ether oxygens (including phenoxy) is 2. The van der Waals surface area contributed by atoms with Gasteiger partial charge in [0, 0.05) is 6.54 Å². The van der Waals surface area contributed by atoms with E-state index in [2.05, 4.69) is 0 Å². The third-order valence-corrected chi connectivity index (χ3v) is 3.12.